The molecule has 5 N–H and O–H groups in total. The zero-order valence-corrected chi connectivity index (χ0v) is 20.6. The van der Waals surface area contributed by atoms with Gasteiger partial charge in [0.1, 0.15) is 41.9 Å². The number of hydrogen-bond donors (Lipinski definition) is 4. The predicted molar refractivity (Wildman–Crippen MR) is 125 cm³/mol. The van der Waals surface area contributed by atoms with Crippen molar-refractivity contribution in [3.63, 3.8) is 0 Å². The van der Waals surface area contributed by atoms with Gasteiger partial charge in [-0.3, -0.25) is 13.9 Å². The van der Waals surface area contributed by atoms with Crippen LogP contribution in [0.4, 0.5) is 5.82 Å². The van der Waals surface area contributed by atoms with Crippen molar-refractivity contribution >= 4 is 30.7 Å². The van der Waals surface area contributed by atoms with Crippen LogP contribution in [0.25, 0.3) is 11.2 Å². The van der Waals surface area contributed by atoms with E-state index in [2.05, 4.69) is 24.8 Å². The first-order valence-electron chi connectivity index (χ1n) is 11.0. The van der Waals surface area contributed by atoms with Crippen molar-refractivity contribution in [2.75, 3.05) is 12.8 Å². The number of nitrogens with one attached hydrogen (secondary N) is 1. The van der Waals surface area contributed by atoms with Gasteiger partial charge in [-0.2, -0.15) is 5.09 Å². The van der Waals surface area contributed by atoms with Gasteiger partial charge in [0, 0.05) is 0 Å². The molecule has 0 aliphatic carbocycles. The van der Waals surface area contributed by atoms with Gasteiger partial charge in [0.25, 0.3) is 0 Å². The van der Waals surface area contributed by atoms with Crippen molar-refractivity contribution in [3.8, 4) is 5.75 Å². The average molecular weight is 522 g/mol. The van der Waals surface area contributed by atoms with Gasteiger partial charge in [-0.05, 0) is 26.0 Å². The minimum atomic E-state index is -4.22. The molecule has 36 heavy (non-hydrogen) atoms. The molecule has 14 nitrogen and oxygen atoms in total. The Morgan fingerprint density at radius 1 is 1.19 bits per heavy atom. The Balaban J connectivity index is 1.56. The normalized spacial score (nSPS) is 25.2. The van der Waals surface area contributed by atoms with Crippen LogP contribution in [0.3, 0.4) is 0 Å². The van der Waals surface area contributed by atoms with Gasteiger partial charge >= 0.3 is 13.7 Å². The molecule has 0 amide bonds. The molecule has 15 heteroatoms. The van der Waals surface area contributed by atoms with Crippen LogP contribution in [-0.2, 0) is 23.4 Å². The maximum absolute atomic E-state index is 13.7. The van der Waals surface area contributed by atoms with E-state index in [9.17, 15) is 19.6 Å². The lowest BCUT2D eigenvalue weighted by molar-refractivity contribution is -0.142. The molecule has 1 aliphatic heterocycles. The molecule has 1 fully saturated rings. The molecule has 194 valence electrons. The summed E-state index contributed by atoms with van der Waals surface area (Å²) in [6.07, 6.45) is -3.59. The number of hydrogen-bond acceptors (Lipinski definition) is 12. The third-order valence-corrected chi connectivity index (χ3v) is 7.34. The number of aliphatic hydroxyl groups excluding tert-OH is 2. The maximum Gasteiger partial charge on any atom is 0.459 e. The van der Waals surface area contributed by atoms with E-state index in [1.165, 1.54) is 38.2 Å². The van der Waals surface area contributed by atoms with Crippen LogP contribution >= 0.6 is 7.75 Å². The number of methoxy groups -OCH3 is 1. The fraction of sp³-hybridized carbons (Fsp3) is 0.429. The van der Waals surface area contributed by atoms with Crippen LogP contribution in [0.2, 0.25) is 0 Å². The largest absolute Gasteiger partial charge is 0.468 e. The molecule has 1 aromatic carbocycles. The minimum Gasteiger partial charge on any atom is -0.468 e. The van der Waals surface area contributed by atoms with E-state index in [-0.39, 0.29) is 11.6 Å². The number of carbonyl (C=O) groups excluding carboxylic acids is 1. The minimum absolute atomic E-state index is 0.143. The van der Waals surface area contributed by atoms with Gasteiger partial charge in [0.15, 0.2) is 17.7 Å². The van der Waals surface area contributed by atoms with E-state index in [1.54, 1.807) is 30.3 Å². The predicted octanol–water partition coefficient (Wildman–Crippen LogP) is 0.771. The number of para-hydroxylation sites is 1. The van der Waals surface area contributed by atoms with Crippen molar-refractivity contribution in [1.82, 2.24) is 24.6 Å². The topological polar surface area (TPSA) is 193 Å². The lowest BCUT2D eigenvalue weighted by Gasteiger charge is -2.28. The Morgan fingerprint density at radius 3 is 2.61 bits per heavy atom. The number of imidazole rings is 1. The van der Waals surface area contributed by atoms with Gasteiger partial charge in [0.2, 0.25) is 0 Å². The molecule has 3 heterocycles. The summed E-state index contributed by atoms with van der Waals surface area (Å²) >= 11 is 0. The number of carbonyl (C=O) groups is 1. The first kappa shape index (κ1) is 25.9. The van der Waals surface area contributed by atoms with Crippen molar-refractivity contribution in [3.05, 3.63) is 43.0 Å². The molecule has 0 saturated carbocycles. The van der Waals surface area contributed by atoms with Crippen LogP contribution in [0.1, 0.15) is 20.1 Å². The summed E-state index contributed by atoms with van der Waals surface area (Å²) in [7, 11) is -3.03. The second-order valence-electron chi connectivity index (χ2n) is 8.14. The van der Waals surface area contributed by atoms with E-state index in [1.807, 2.05) is 0 Å². The Labute approximate surface area is 206 Å². The van der Waals surface area contributed by atoms with Crippen LogP contribution in [-0.4, -0.2) is 73.3 Å². The molecule has 3 aromatic rings. The van der Waals surface area contributed by atoms with Gasteiger partial charge in [-0.1, -0.05) is 18.2 Å². The van der Waals surface area contributed by atoms with Gasteiger partial charge < -0.3 is 29.9 Å². The lowest BCUT2D eigenvalue weighted by Crippen LogP contribution is -2.41. The standard InChI is InChI=1S/C21H27N6O8P/c1-11(21(30)32-3)26-36(31,35-13-7-5-4-6-8-13)34-12(2)17-15(28)16(29)20(33-17)27-10-25-14-18(22)23-9-24-19(14)27/h4-12,15-17,20,28-29H,1-3H3,(H,26,31)(H2,22,23,24)/t11-,12-,15-,16+,17+,20+,36-/m0/s1. The Bertz CT molecular complexity index is 1260. The Kier molecular flexibility index (Phi) is 7.54. The summed E-state index contributed by atoms with van der Waals surface area (Å²) in [5, 5.41) is 24.0. The highest BCUT2D eigenvalue weighted by Gasteiger charge is 2.49. The number of aromatic nitrogens is 4. The molecule has 1 saturated heterocycles. The smallest absolute Gasteiger partial charge is 0.459 e. The molecule has 0 radical (unpaired) electrons. The Morgan fingerprint density at radius 2 is 1.92 bits per heavy atom. The first-order chi connectivity index (χ1) is 17.1. The van der Waals surface area contributed by atoms with Crippen LogP contribution in [0.5, 0.6) is 5.75 Å². The molecule has 7 atom stereocenters. The monoisotopic (exact) mass is 522 g/mol. The highest BCUT2D eigenvalue weighted by Crippen LogP contribution is 2.48. The number of rotatable bonds is 9. The summed E-state index contributed by atoms with van der Waals surface area (Å²) in [4.78, 5) is 24.1. The van der Waals surface area contributed by atoms with Gasteiger partial charge in [0.05, 0.1) is 19.5 Å². The van der Waals surface area contributed by atoms with Crippen molar-refractivity contribution in [2.45, 2.75) is 50.5 Å². The van der Waals surface area contributed by atoms with Crippen LogP contribution in [0.15, 0.2) is 43.0 Å². The summed E-state index contributed by atoms with van der Waals surface area (Å²) in [6, 6.07) is 7.15. The molecule has 4 rings (SSSR count). The fourth-order valence-corrected chi connectivity index (χ4v) is 5.50. The molecule has 2 aromatic heterocycles. The molecular formula is C21H27N6O8P. The number of aliphatic hydroxyl groups is 2. The zero-order chi connectivity index (χ0) is 26.0. The number of ether oxygens (including phenoxy) is 2. The number of esters is 1. The van der Waals surface area contributed by atoms with Crippen molar-refractivity contribution in [2.24, 2.45) is 0 Å². The average Bonchev–Trinajstić information content (AvgIpc) is 3.40. The summed E-state index contributed by atoms with van der Waals surface area (Å²) in [5.74, 6) is -0.334. The van der Waals surface area contributed by atoms with Crippen molar-refractivity contribution in [1.29, 1.82) is 0 Å². The van der Waals surface area contributed by atoms with E-state index < -0.39 is 50.4 Å². The highest BCUT2D eigenvalue weighted by molar-refractivity contribution is 7.52. The molecule has 0 bridgehead atoms. The third kappa shape index (κ3) is 5.19. The summed E-state index contributed by atoms with van der Waals surface area (Å²) < 4.78 is 37.0. The highest BCUT2D eigenvalue weighted by atomic mass is 31.2. The molecule has 0 unspecified atom stereocenters. The fourth-order valence-electron chi connectivity index (χ4n) is 3.80. The number of nitrogens with zero attached hydrogens (tertiary/aromatic N) is 4. The SMILES string of the molecule is COC(=O)[C@H](C)N[P@@](=O)(Oc1ccccc1)O[C@@H](C)[C@H]1O[C@@H](n2cnc3c(N)ncnc32)[C@H](O)[C@@H]1O. The number of nitrogen functional groups attached to an aromatic ring is 1. The molecular weight excluding hydrogens is 495 g/mol. The van der Waals surface area contributed by atoms with Crippen molar-refractivity contribution < 1.29 is 38.1 Å². The Hall–Kier alpha value is -3.13. The van der Waals surface area contributed by atoms with Gasteiger partial charge in [-0.25, -0.2) is 19.5 Å². The van der Waals surface area contributed by atoms with E-state index in [4.69, 9.17) is 19.5 Å². The second-order valence-corrected chi connectivity index (χ2v) is 9.79. The van der Waals surface area contributed by atoms with Crippen LogP contribution in [0, 0.1) is 0 Å². The molecule has 0 spiro atoms. The lowest BCUT2D eigenvalue weighted by atomic mass is 10.1. The second kappa shape index (κ2) is 10.5. The summed E-state index contributed by atoms with van der Waals surface area (Å²) in [6.45, 7) is 2.92. The van der Waals surface area contributed by atoms with Crippen LogP contribution < -0.4 is 15.3 Å². The number of fused-ring (bicyclic) bond motifs is 1. The number of anilines is 1. The van der Waals surface area contributed by atoms with E-state index in [0.29, 0.717) is 11.2 Å². The van der Waals surface area contributed by atoms with E-state index in [0.717, 1.165) is 0 Å². The maximum atomic E-state index is 13.7. The number of benzene rings is 1. The third-order valence-electron chi connectivity index (χ3n) is 5.58. The molecule has 1 aliphatic rings. The van der Waals surface area contributed by atoms with E-state index >= 15 is 0 Å². The summed E-state index contributed by atoms with van der Waals surface area (Å²) in [5.41, 5.74) is 6.42. The zero-order valence-electron chi connectivity index (χ0n) is 19.7. The van der Waals surface area contributed by atoms with Gasteiger partial charge in [-0.15, -0.1) is 0 Å². The first-order valence-corrected chi connectivity index (χ1v) is 12.5. The number of nitrogens with two attached hydrogens (primary N) is 1. The quantitative estimate of drug-likeness (QED) is 0.228.